The summed E-state index contributed by atoms with van der Waals surface area (Å²) in [6.07, 6.45) is 1.18. The Morgan fingerprint density at radius 2 is 2.00 bits per heavy atom. The van der Waals surface area contributed by atoms with Crippen LogP contribution in [-0.4, -0.2) is 36.6 Å². The molecule has 1 fully saturated rings. The maximum atomic E-state index is 12.5. The molecule has 1 aliphatic carbocycles. The number of amides is 1. The van der Waals surface area contributed by atoms with Crippen molar-refractivity contribution in [2.75, 3.05) is 19.7 Å². The molecule has 1 aromatic rings. The second-order valence-electron chi connectivity index (χ2n) is 5.15. The Morgan fingerprint density at radius 1 is 1.32 bits per heavy atom. The van der Waals surface area contributed by atoms with Crippen LogP contribution in [-0.2, 0) is 22.4 Å². The van der Waals surface area contributed by atoms with E-state index in [1.807, 2.05) is 12.1 Å². The Morgan fingerprint density at radius 3 is 2.63 bits per heavy atom. The number of carbonyl (C=O) groups is 1. The van der Waals surface area contributed by atoms with Crippen molar-refractivity contribution in [2.45, 2.75) is 18.9 Å². The lowest BCUT2D eigenvalue weighted by molar-refractivity contribution is -0.141. The minimum Gasteiger partial charge on any atom is -0.360 e. The van der Waals surface area contributed by atoms with E-state index in [0.717, 1.165) is 12.8 Å². The second-order valence-corrected chi connectivity index (χ2v) is 5.15. The average Bonchev–Trinajstić information content (AvgIpc) is 2.90. The van der Waals surface area contributed by atoms with Crippen molar-refractivity contribution in [3.63, 3.8) is 0 Å². The first-order chi connectivity index (χ1) is 9.28. The molecule has 4 nitrogen and oxygen atoms in total. The van der Waals surface area contributed by atoms with E-state index in [2.05, 4.69) is 18.2 Å². The van der Waals surface area contributed by atoms with Gasteiger partial charge in [0.25, 0.3) is 0 Å². The zero-order valence-electron chi connectivity index (χ0n) is 10.7. The quantitative estimate of drug-likeness (QED) is 0.757. The minimum absolute atomic E-state index is 0.0369. The molecule has 0 saturated carbocycles. The molecule has 4 heteroatoms. The lowest BCUT2D eigenvalue weighted by Gasteiger charge is -2.31. The number of rotatable bonds is 1. The highest BCUT2D eigenvalue weighted by molar-refractivity contribution is 5.80. The third-order valence-electron chi connectivity index (χ3n) is 3.92. The number of carbonyl (C=O) groups excluding carboxylic acids is 1. The van der Waals surface area contributed by atoms with Gasteiger partial charge in [0.05, 0.1) is 19.2 Å². The maximum Gasteiger partial charge on any atom is 0.226 e. The topological polar surface area (TPSA) is 53.3 Å². The van der Waals surface area contributed by atoms with Crippen LogP contribution in [0.2, 0.25) is 0 Å². The van der Waals surface area contributed by atoms with E-state index in [4.69, 9.17) is 10.00 Å². The van der Waals surface area contributed by atoms with E-state index in [1.165, 1.54) is 11.1 Å². The zero-order valence-corrected chi connectivity index (χ0v) is 10.7. The van der Waals surface area contributed by atoms with Gasteiger partial charge in [-0.05, 0) is 24.0 Å². The van der Waals surface area contributed by atoms with Crippen molar-refractivity contribution in [1.82, 2.24) is 4.90 Å². The van der Waals surface area contributed by atoms with Crippen LogP contribution in [0.3, 0.4) is 0 Å². The van der Waals surface area contributed by atoms with E-state index < -0.39 is 6.10 Å². The first-order valence-corrected chi connectivity index (χ1v) is 6.64. The van der Waals surface area contributed by atoms with Gasteiger partial charge in [-0.1, -0.05) is 24.3 Å². The molecule has 1 unspecified atom stereocenters. The monoisotopic (exact) mass is 256 g/mol. The first kappa shape index (κ1) is 12.2. The van der Waals surface area contributed by atoms with Crippen molar-refractivity contribution in [3.8, 4) is 6.07 Å². The number of hydrogen-bond donors (Lipinski definition) is 0. The number of ether oxygens (including phenoxy) is 1. The fourth-order valence-corrected chi connectivity index (χ4v) is 2.92. The molecule has 0 aromatic heterocycles. The van der Waals surface area contributed by atoms with Crippen LogP contribution in [0.25, 0.3) is 0 Å². The van der Waals surface area contributed by atoms with Crippen LogP contribution in [0.15, 0.2) is 24.3 Å². The lowest BCUT2D eigenvalue weighted by atomic mass is 10.0. The summed E-state index contributed by atoms with van der Waals surface area (Å²) in [5.74, 6) is 0.203. The van der Waals surface area contributed by atoms with Crippen LogP contribution in [0.1, 0.15) is 11.1 Å². The smallest absolute Gasteiger partial charge is 0.226 e. The van der Waals surface area contributed by atoms with E-state index in [1.54, 1.807) is 4.90 Å². The van der Waals surface area contributed by atoms with E-state index >= 15 is 0 Å². The standard InChI is InChI=1S/C15H16N2O2/c16-9-14-10-17(5-6-19-14)15(18)13-7-11-3-1-2-4-12(11)8-13/h1-4,13-14H,5-8,10H2. The van der Waals surface area contributed by atoms with Crippen molar-refractivity contribution in [2.24, 2.45) is 5.92 Å². The highest BCUT2D eigenvalue weighted by Gasteiger charge is 2.33. The Labute approximate surface area is 112 Å². The summed E-state index contributed by atoms with van der Waals surface area (Å²) < 4.78 is 5.28. The largest absolute Gasteiger partial charge is 0.360 e. The third kappa shape index (κ3) is 2.34. The molecular weight excluding hydrogens is 240 g/mol. The number of nitriles is 1. The van der Waals surface area contributed by atoms with Crippen molar-refractivity contribution in [1.29, 1.82) is 5.26 Å². The number of hydrogen-bond acceptors (Lipinski definition) is 3. The summed E-state index contributed by atoms with van der Waals surface area (Å²) in [4.78, 5) is 14.3. The van der Waals surface area contributed by atoms with Gasteiger partial charge in [0.1, 0.15) is 0 Å². The Bertz CT molecular complexity index is 510. The van der Waals surface area contributed by atoms with Gasteiger partial charge in [-0.25, -0.2) is 0 Å². The molecule has 3 rings (SSSR count). The van der Waals surface area contributed by atoms with E-state index in [-0.39, 0.29) is 11.8 Å². The summed E-state index contributed by atoms with van der Waals surface area (Å²) in [6.45, 7) is 1.47. The lowest BCUT2D eigenvalue weighted by Crippen LogP contribution is -2.47. The Hall–Kier alpha value is -1.86. The van der Waals surface area contributed by atoms with Crippen LogP contribution in [0.5, 0.6) is 0 Å². The number of morpholine rings is 1. The van der Waals surface area contributed by atoms with Crippen LogP contribution < -0.4 is 0 Å². The Balaban J connectivity index is 1.68. The van der Waals surface area contributed by atoms with Gasteiger partial charge in [0.15, 0.2) is 6.10 Å². The van der Waals surface area contributed by atoms with Gasteiger partial charge in [-0.2, -0.15) is 5.26 Å². The third-order valence-corrected chi connectivity index (χ3v) is 3.92. The van der Waals surface area contributed by atoms with Crippen LogP contribution in [0, 0.1) is 17.2 Å². The molecule has 19 heavy (non-hydrogen) atoms. The summed E-state index contributed by atoms with van der Waals surface area (Å²) in [5, 5.41) is 8.88. The van der Waals surface area contributed by atoms with Crippen molar-refractivity contribution >= 4 is 5.91 Å². The molecule has 0 spiro atoms. The molecule has 0 N–H and O–H groups in total. The highest BCUT2D eigenvalue weighted by atomic mass is 16.5. The molecule has 0 bridgehead atoms. The Kier molecular flexibility index (Phi) is 3.22. The molecule has 1 aromatic carbocycles. The summed E-state index contributed by atoms with van der Waals surface area (Å²) >= 11 is 0. The van der Waals surface area contributed by atoms with Gasteiger partial charge in [-0.3, -0.25) is 4.79 Å². The fraction of sp³-hybridized carbons (Fsp3) is 0.467. The predicted molar refractivity (Wildman–Crippen MR) is 69.3 cm³/mol. The predicted octanol–water partition coefficient (Wildman–Crippen LogP) is 1.15. The van der Waals surface area contributed by atoms with Gasteiger partial charge >= 0.3 is 0 Å². The molecule has 1 heterocycles. The number of benzene rings is 1. The molecule has 98 valence electrons. The summed E-state index contributed by atoms with van der Waals surface area (Å²) in [5.41, 5.74) is 2.57. The molecule has 1 aliphatic heterocycles. The normalized spacial score (nSPS) is 22.9. The minimum atomic E-state index is -0.471. The average molecular weight is 256 g/mol. The summed E-state index contributed by atoms with van der Waals surface area (Å²) in [7, 11) is 0. The summed E-state index contributed by atoms with van der Waals surface area (Å²) in [6, 6.07) is 10.3. The molecule has 0 radical (unpaired) electrons. The van der Waals surface area contributed by atoms with Crippen LogP contribution in [0.4, 0.5) is 0 Å². The fourth-order valence-electron chi connectivity index (χ4n) is 2.92. The van der Waals surface area contributed by atoms with Crippen LogP contribution >= 0.6 is 0 Å². The molecule has 2 aliphatic rings. The maximum absolute atomic E-state index is 12.5. The van der Waals surface area contributed by atoms with Crippen molar-refractivity contribution in [3.05, 3.63) is 35.4 Å². The van der Waals surface area contributed by atoms with E-state index in [0.29, 0.717) is 19.7 Å². The van der Waals surface area contributed by atoms with Gasteiger partial charge < -0.3 is 9.64 Å². The molecule has 1 atom stereocenters. The zero-order chi connectivity index (χ0) is 13.2. The van der Waals surface area contributed by atoms with Gasteiger partial charge in [-0.15, -0.1) is 0 Å². The molecule has 1 amide bonds. The van der Waals surface area contributed by atoms with Gasteiger partial charge in [0, 0.05) is 12.5 Å². The highest BCUT2D eigenvalue weighted by Crippen LogP contribution is 2.28. The second kappa shape index (κ2) is 5.02. The number of nitrogens with zero attached hydrogens (tertiary/aromatic N) is 2. The number of fused-ring (bicyclic) bond motifs is 1. The SMILES string of the molecule is N#CC1CN(C(=O)C2Cc3ccccc3C2)CCO1. The van der Waals surface area contributed by atoms with Gasteiger partial charge in [0.2, 0.25) is 5.91 Å². The molecular formula is C15H16N2O2. The van der Waals surface area contributed by atoms with Crippen molar-refractivity contribution < 1.29 is 9.53 Å². The molecule has 1 saturated heterocycles. The first-order valence-electron chi connectivity index (χ1n) is 6.64. The van der Waals surface area contributed by atoms with E-state index in [9.17, 15) is 4.79 Å².